The summed E-state index contributed by atoms with van der Waals surface area (Å²) in [6.45, 7) is 0.809. The van der Waals surface area contributed by atoms with Crippen molar-refractivity contribution in [2.75, 3.05) is 6.54 Å². The number of urea groups is 1. The van der Waals surface area contributed by atoms with Gasteiger partial charge in [-0.2, -0.15) is 0 Å². The molecule has 0 aromatic heterocycles. The summed E-state index contributed by atoms with van der Waals surface area (Å²) in [6.07, 6.45) is 2.51. The van der Waals surface area contributed by atoms with E-state index in [0.717, 1.165) is 19.4 Å². The van der Waals surface area contributed by atoms with Crippen LogP contribution in [0.15, 0.2) is 0 Å². The van der Waals surface area contributed by atoms with E-state index in [-0.39, 0.29) is 18.0 Å². The highest BCUT2D eigenvalue weighted by molar-refractivity contribution is 5.97. The molecule has 0 aliphatic carbocycles. The molecule has 0 spiro atoms. The second kappa shape index (κ2) is 2.22. The van der Waals surface area contributed by atoms with Crippen LogP contribution in [0.2, 0.25) is 0 Å². The number of amides is 3. The lowest BCUT2D eigenvalue weighted by molar-refractivity contribution is -0.122. The van der Waals surface area contributed by atoms with Gasteiger partial charge in [0.25, 0.3) is 0 Å². The van der Waals surface area contributed by atoms with Gasteiger partial charge in [0.2, 0.25) is 5.91 Å². The molecule has 0 saturated carbocycles. The van der Waals surface area contributed by atoms with Gasteiger partial charge in [-0.25, -0.2) is 4.79 Å². The first-order chi connectivity index (χ1) is 5.27. The summed E-state index contributed by atoms with van der Waals surface area (Å²) in [7, 11) is 0. The van der Waals surface area contributed by atoms with Gasteiger partial charge in [-0.1, -0.05) is 0 Å². The second-order valence-electron chi connectivity index (χ2n) is 3.05. The van der Waals surface area contributed by atoms with Gasteiger partial charge >= 0.3 is 6.03 Å². The Bertz CT molecular complexity index is 214. The Morgan fingerprint density at radius 3 is 3.09 bits per heavy atom. The molecule has 3 amide bonds. The summed E-state index contributed by atoms with van der Waals surface area (Å²) in [5.74, 6) is -0.127. The number of rotatable bonds is 0. The smallest absolute Gasteiger partial charge is 0.321 e. The van der Waals surface area contributed by atoms with Crippen LogP contribution in [0.4, 0.5) is 4.79 Å². The van der Waals surface area contributed by atoms with Crippen LogP contribution in [0, 0.1) is 0 Å². The standard InChI is InChI=1S/C7H10N2O2/c10-6-4-5-2-1-3-9(5)7(11)8-6/h5H,1-4H2,(H,8,10,11). The Morgan fingerprint density at radius 1 is 1.45 bits per heavy atom. The fourth-order valence-corrected chi connectivity index (χ4v) is 1.77. The molecule has 0 aromatic carbocycles. The second-order valence-corrected chi connectivity index (χ2v) is 3.05. The zero-order valence-corrected chi connectivity index (χ0v) is 6.17. The molecule has 4 heteroatoms. The first kappa shape index (κ1) is 6.64. The number of carbonyl (C=O) groups excluding carboxylic acids is 2. The van der Waals surface area contributed by atoms with Crippen LogP contribution in [-0.4, -0.2) is 29.4 Å². The van der Waals surface area contributed by atoms with Gasteiger partial charge in [0.1, 0.15) is 0 Å². The van der Waals surface area contributed by atoms with Gasteiger partial charge in [0.05, 0.1) is 0 Å². The molecule has 2 heterocycles. The molecule has 2 rings (SSSR count). The number of imide groups is 1. The van der Waals surface area contributed by atoms with Gasteiger partial charge in [0, 0.05) is 19.0 Å². The molecule has 4 nitrogen and oxygen atoms in total. The minimum absolute atomic E-state index is 0.127. The summed E-state index contributed by atoms with van der Waals surface area (Å²) in [5, 5.41) is 2.30. The van der Waals surface area contributed by atoms with Crippen molar-refractivity contribution in [2.24, 2.45) is 0 Å². The molecular weight excluding hydrogens is 144 g/mol. The highest BCUT2D eigenvalue weighted by atomic mass is 16.2. The van der Waals surface area contributed by atoms with Crippen LogP contribution in [0.1, 0.15) is 19.3 Å². The summed E-state index contributed by atoms with van der Waals surface area (Å²) < 4.78 is 0. The van der Waals surface area contributed by atoms with Crippen LogP contribution in [0.5, 0.6) is 0 Å². The quantitative estimate of drug-likeness (QED) is 0.537. The highest BCUT2D eigenvalue weighted by Crippen LogP contribution is 2.22. The maximum atomic E-state index is 11.1. The van der Waals surface area contributed by atoms with Crippen molar-refractivity contribution in [3.05, 3.63) is 0 Å². The van der Waals surface area contributed by atoms with E-state index in [0.29, 0.717) is 6.42 Å². The minimum Gasteiger partial charge on any atom is -0.321 e. The Kier molecular flexibility index (Phi) is 1.34. The molecule has 0 aromatic rings. The first-order valence-electron chi connectivity index (χ1n) is 3.88. The number of hydrogen-bond acceptors (Lipinski definition) is 2. The molecule has 1 atom stereocenters. The Morgan fingerprint density at radius 2 is 2.27 bits per heavy atom. The zero-order chi connectivity index (χ0) is 7.84. The average Bonchev–Trinajstić information content (AvgIpc) is 2.34. The molecule has 1 unspecified atom stereocenters. The highest BCUT2D eigenvalue weighted by Gasteiger charge is 2.35. The van der Waals surface area contributed by atoms with E-state index in [1.807, 2.05) is 0 Å². The van der Waals surface area contributed by atoms with Crippen molar-refractivity contribution in [1.82, 2.24) is 10.2 Å². The monoisotopic (exact) mass is 154 g/mol. The van der Waals surface area contributed by atoms with Gasteiger partial charge < -0.3 is 4.90 Å². The molecule has 0 radical (unpaired) electrons. The topological polar surface area (TPSA) is 49.4 Å². The lowest BCUT2D eigenvalue weighted by Crippen LogP contribution is -2.51. The molecule has 2 fully saturated rings. The van der Waals surface area contributed by atoms with Crippen molar-refractivity contribution < 1.29 is 9.59 Å². The molecule has 60 valence electrons. The number of fused-ring (bicyclic) bond motifs is 1. The van der Waals surface area contributed by atoms with Crippen molar-refractivity contribution in [2.45, 2.75) is 25.3 Å². The predicted molar refractivity (Wildman–Crippen MR) is 37.9 cm³/mol. The summed E-state index contributed by atoms with van der Waals surface area (Å²) in [5.41, 5.74) is 0. The Balaban J connectivity index is 2.16. The number of nitrogens with one attached hydrogen (secondary N) is 1. The third-order valence-corrected chi connectivity index (χ3v) is 2.31. The van der Waals surface area contributed by atoms with Crippen LogP contribution in [0.25, 0.3) is 0 Å². The molecule has 2 aliphatic rings. The fraction of sp³-hybridized carbons (Fsp3) is 0.714. The summed E-state index contributed by atoms with van der Waals surface area (Å²) >= 11 is 0. The minimum atomic E-state index is -0.205. The fourth-order valence-electron chi connectivity index (χ4n) is 1.77. The van der Waals surface area contributed by atoms with E-state index < -0.39 is 0 Å². The van der Waals surface area contributed by atoms with E-state index in [1.54, 1.807) is 4.90 Å². The van der Waals surface area contributed by atoms with Crippen molar-refractivity contribution in [3.63, 3.8) is 0 Å². The maximum absolute atomic E-state index is 11.1. The SMILES string of the molecule is O=C1CC2CCCN2C(=O)N1. The van der Waals surface area contributed by atoms with Crippen molar-refractivity contribution in [3.8, 4) is 0 Å². The van der Waals surface area contributed by atoms with Gasteiger partial charge in [-0.15, -0.1) is 0 Å². The van der Waals surface area contributed by atoms with Crippen molar-refractivity contribution in [1.29, 1.82) is 0 Å². The van der Waals surface area contributed by atoms with E-state index in [2.05, 4.69) is 5.32 Å². The third-order valence-electron chi connectivity index (χ3n) is 2.31. The summed E-state index contributed by atoms with van der Waals surface area (Å²) in [6, 6.07) is -0.0139. The predicted octanol–water partition coefficient (Wildman–Crippen LogP) is 0.0907. The number of nitrogens with zero attached hydrogens (tertiary/aromatic N) is 1. The molecule has 11 heavy (non-hydrogen) atoms. The molecule has 0 bridgehead atoms. The molecule has 2 aliphatic heterocycles. The molecule has 1 N–H and O–H groups in total. The number of hydrogen-bond donors (Lipinski definition) is 1. The Labute approximate surface area is 64.5 Å². The third kappa shape index (κ3) is 0.982. The van der Waals surface area contributed by atoms with E-state index in [9.17, 15) is 9.59 Å². The van der Waals surface area contributed by atoms with Gasteiger partial charge in [-0.05, 0) is 12.8 Å². The zero-order valence-electron chi connectivity index (χ0n) is 6.17. The van der Waals surface area contributed by atoms with Crippen LogP contribution < -0.4 is 5.32 Å². The lowest BCUT2D eigenvalue weighted by atomic mass is 10.1. The van der Waals surface area contributed by atoms with Gasteiger partial charge in [-0.3, -0.25) is 10.1 Å². The number of carbonyl (C=O) groups is 2. The van der Waals surface area contributed by atoms with E-state index in [1.165, 1.54) is 0 Å². The molecular formula is C7H10N2O2. The summed E-state index contributed by atoms with van der Waals surface area (Å²) in [4.78, 5) is 23.7. The lowest BCUT2D eigenvalue weighted by Gasteiger charge is -2.28. The van der Waals surface area contributed by atoms with E-state index >= 15 is 0 Å². The van der Waals surface area contributed by atoms with Crippen LogP contribution >= 0.6 is 0 Å². The maximum Gasteiger partial charge on any atom is 0.324 e. The largest absolute Gasteiger partial charge is 0.324 e. The van der Waals surface area contributed by atoms with Crippen LogP contribution in [-0.2, 0) is 4.79 Å². The normalized spacial score (nSPS) is 30.2. The first-order valence-corrected chi connectivity index (χ1v) is 3.88. The van der Waals surface area contributed by atoms with Gasteiger partial charge in [0.15, 0.2) is 0 Å². The Hall–Kier alpha value is -1.06. The van der Waals surface area contributed by atoms with Crippen molar-refractivity contribution >= 4 is 11.9 Å². The molecule has 2 saturated heterocycles. The van der Waals surface area contributed by atoms with E-state index in [4.69, 9.17) is 0 Å². The van der Waals surface area contributed by atoms with Crippen LogP contribution in [0.3, 0.4) is 0 Å². The average molecular weight is 154 g/mol.